The maximum absolute atomic E-state index is 14.0. The minimum Gasteiger partial charge on any atom is -0.480 e. The Morgan fingerprint density at radius 3 is 2.61 bits per heavy atom. The molecule has 10 heteroatoms. The number of halogens is 3. The van der Waals surface area contributed by atoms with Crippen molar-refractivity contribution in [2.24, 2.45) is 0 Å². The Labute approximate surface area is 180 Å². The van der Waals surface area contributed by atoms with Crippen molar-refractivity contribution in [3.8, 4) is 6.07 Å². The first-order chi connectivity index (χ1) is 14.7. The number of thioether (sulfide) groups is 1. The number of hydrogen-bond acceptors (Lipinski definition) is 5. The van der Waals surface area contributed by atoms with Crippen LogP contribution in [0.15, 0.2) is 35.4 Å². The quantitative estimate of drug-likeness (QED) is 0.654. The molecule has 0 saturated heterocycles. The second-order valence-corrected chi connectivity index (χ2v) is 7.98. The number of amides is 1. The van der Waals surface area contributed by atoms with Gasteiger partial charge in [0.15, 0.2) is 0 Å². The highest BCUT2D eigenvalue weighted by atomic mass is 32.2. The normalized spacial score (nSPS) is 15.6. The number of carboxylic acids is 1. The first kappa shape index (κ1) is 22.6. The van der Waals surface area contributed by atoms with Crippen molar-refractivity contribution < 1.29 is 27.9 Å². The summed E-state index contributed by atoms with van der Waals surface area (Å²) in [5.41, 5.74) is -0.339. The lowest BCUT2D eigenvalue weighted by molar-refractivity contribution is -0.139. The second-order valence-electron chi connectivity index (χ2n) is 7.01. The van der Waals surface area contributed by atoms with Crippen LogP contribution >= 0.6 is 11.8 Å². The predicted octanol–water partition coefficient (Wildman–Crippen LogP) is 3.54. The summed E-state index contributed by atoms with van der Waals surface area (Å²) in [4.78, 5) is 26.6. The number of alkyl halides is 3. The molecular formula is C21H18F3N3O3S. The molecule has 0 radical (unpaired) electrons. The Bertz CT molecular complexity index is 1040. The van der Waals surface area contributed by atoms with E-state index in [1.807, 2.05) is 30.3 Å². The predicted molar refractivity (Wildman–Crippen MR) is 107 cm³/mol. The third-order valence-electron chi connectivity index (χ3n) is 4.97. The average Bonchev–Trinajstić information content (AvgIpc) is 2.74. The largest absolute Gasteiger partial charge is 0.480 e. The van der Waals surface area contributed by atoms with Crippen LogP contribution in [-0.4, -0.2) is 34.3 Å². The summed E-state index contributed by atoms with van der Waals surface area (Å²) in [7, 11) is 0. The van der Waals surface area contributed by atoms with Gasteiger partial charge in [-0.3, -0.25) is 9.59 Å². The molecule has 1 heterocycles. The van der Waals surface area contributed by atoms with Crippen molar-refractivity contribution in [3.05, 3.63) is 58.3 Å². The zero-order chi connectivity index (χ0) is 22.6. The highest BCUT2D eigenvalue weighted by Gasteiger charge is 2.41. The second kappa shape index (κ2) is 9.39. The number of aryl methyl sites for hydroxylation is 1. The summed E-state index contributed by atoms with van der Waals surface area (Å²) in [5, 5.41) is 20.1. The van der Waals surface area contributed by atoms with Gasteiger partial charge in [-0.2, -0.15) is 18.4 Å². The van der Waals surface area contributed by atoms with E-state index in [2.05, 4.69) is 10.3 Å². The highest BCUT2D eigenvalue weighted by molar-refractivity contribution is 8.00. The fourth-order valence-corrected chi connectivity index (χ4v) is 4.46. The highest BCUT2D eigenvalue weighted by Crippen LogP contribution is 2.43. The molecule has 3 rings (SSSR count). The van der Waals surface area contributed by atoms with Gasteiger partial charge in [-0.15, -0.1) is 0 Å². The van der Waals surface area contributed by atoms with E-state index in [-0.39, 0.29) is 34.4 Å². The average molecular weight is 449 g/mol. The van der Waals surface area contributed by atoms with Crippen molar-refractivity contribution in [1.82, 2.24) is 10.3 Å². The number of nitrogens with zero attached hydrogens (tertiary/aromatic N) is 2. The number of rotatable bonds is 6. The molecule has 2 N–H and O–H groups in total. The number of pyridine rings is 1. The Morgan fingerprint density at radius 2 is 2.00 bits per heavy atom. The van der Waals surface area contributed by atoms with E-state index in [1.54, 1.807) is 6.07 Å². The van der Waals surface area contributed by atoms with Crippen LogP contribution in [0.3, 0.4) is 0 Å². The molecule has 2 aromatic rings. The van der Waals surface area contributed by atoms with Crippen LogP contribution in [0.25, 0.3) is 0 Å². The number of hydrogen-bond donors (Lipinski definition) is 2. The summed E-state index contributed by atoms with van der Waals surface area (Å²) in [6.45, 7) is -0.600. The number of carbonyl (C=O) groups excluding carboxylic acids is 1. The number of benzene rings is 1. The molecule has 1 aliphatic rings. The van der Waals surface area contributed by atoms with Crippen LogP contribution in [-0.2, 0) is 28.6 Å². The van der Waals surface area contributed by atoms with Gasteiger partial charge in [0.05, 0.1) is 16.9 Å². The zero-order valence-corrected chi connectivity index (χ0v) is 17.0. The van der Waals surface area contributed by atoms with Gasteiger partial charge in [0.25, 0.3) is 0 Å². The van der Waals surface area contributed by atoms with Crippen molar-refractivity contribution >= 4 is 23.6 Å². The molecule has 1 aliphatic carbocycles. The molecule has 1 amide bonds. The van der Waals surface area contributed by atoms with E-state index in [1.165, 1.54) is 0 Å². The fourth-order valence-electron chi connectivity index (χ4n) is 3.62. The molecule has 0 spiro atoms. The van der Waals surface area contributed by atoms with Gasteiger partial charge < -0.3 is 10.4 Å². The first-order valence-corrected chi connectivity index (χ1v) is 10.4. The lowest BCUT2D eigenvalue weighted by Crippen LogP contribution is -2.30. The van der Waals surface area contributed by atoms with Crippen LogP contribution in [0.2, 0.25) is 0 Å². The van der Waals surface area contributed by atoms with Crippen molar-refractivity contribution in [3.63, 3.8) is 0 Å². The summed E-state index contributed by atoms with van der Waals surface area (Å²) < 4.78 is 42.0. The van der Waals surface area contributed by atoms with Gasteiger partial charge in [0.1, 0.15) is 17.6 Å². The van der Waals surface area contributed by atoms with Crippen LogP contribution in [0.5, 0.6) is 0 Å². The number of aliphatic carboxylic acids is 1. The van der Waals surface area contributed by atoms with Gasteiger partial charge in [-0.05, 0) is 36.3 Å². The van der Waals surface area contributed by atoms with E-state index in [0.717, 1.165) is 5.56 Å². The monoisotopic (exact) mass is 449 g/mol. The maximum atomic E-state index is 14.0. The van der Waals surface area contributed by atoms with Crippen LogP contribution in [0.1, 0.15) is 40.3 Å². The molecule has 1 aromatic heterocycles. The number of carbonyl (C=O) groups is 2. The standard InChI is InChI=1S/C21H18F3N3O3S/c22-21(23,24)19-14-8-13(12-4-2-1-3-5-12)6-7-16(14)27-20(15(19)9-25)31-11-17(28)26-10-18(29)30/h1-5,13H,6-8,10-11H2,(H,26,28)(H,29,30)/t13-/m1/s1. The number of carboxylic acid groups (broad SMARTS) is 1. The topological polar surface area (TPSA) is 103 Å². The fraction of sp³-hybridized carbons (Fsp3) is 0.333. The molecule has 0 saturated carbocycles. The van der Waals surface area contributed by atoms with Crippen molar-refractivity contribution in [2.75, 3.05) is 12.3 Å². The Morgan fingerprint density at radius 1 is 1.29 bits per heavy atom. The summed E-state index contributed by atoms with van der Waals surface area (Å²) in [5.74, 6) is -2.37. The lowest BCUT2D eigenvalue weighted by atomic mass is 9.79. The van der Waals surface area contributed by atoms with Gasteiger partial charge in [0, 0.05) is 5.69 Å². The van der Waals surface area contributed by atoms with Crippen LogP contribution in [0.4, 0.5) is 13.2 Å². The third kappa shape index (κ3) is 5.35. The van der Waals surface area contributed by atoms with Crippen LogP contribution < -0.4 is 5.32 Å². The van der Waals surface area contributed by atoms with Crippen LogP contribution in [0, 0.1) is 11.3 Å². The number of fused-ring (bicyclic) bond motifs is 1. The van der Waals surface area contributed by atoms with E-state index in [9.17, 15) is 28.0 Å². The Hall–Kier alpha value is -3.06. The molecule has 1 atom stereocenters. The minimum absolute atomic E-state index is 0.0313. The van der Waals surface area contributed by atoms with Gasteiger partial charge in [0.2, 0.25) is 5.91 Å². The van der Waals surface area contributed by atoms with E-state index in [4.69, 9.17) is 5.11 Å². The maximum Gasteiger partial charge on any atom is 0.418 e. The van der Waals surface area contributed by atoms with Gasteiger partial charge in [-0.1, -0.05) is 42.1 Å². The Kier molecular flexibility index (Phi) is 6.85. The van der Waals surface area contributed by atoms with E-state index >= 15 is 0 Å². The SMILES string of the molecule is N#Cc1c(SCC(=O)NCC(=O)O)nc2c(c1C(F)(F)F)C[C@H](c1ccccc1)CC2. The van der Waals surface area contributed by atoms with E-state index < -0.39 is 35.7 Å². The minimum atomic E-state index is -4.75. The number of nitrogens with one attached hydrogen (secondary N) is 1. The van der Waals surface area contributed by atoms with Gasteiger partial charge >= 0.3 is 12.1 Å². The number of aromatic nitrogens is 1. The lowest BCUT2D eigenvalue weighted by Gasteiger charge is -2.28. The van der Waals surface area contributed by atoms with E-state index in [0.29, 0.717) is 24.6 Å². The molecule has 31 heavy (non-hydrogen) atoms. The molecule has 0 aliphatic heterocycles. The summed E-state index contributed by atoms with van der Waals surface area (Å²) >= 11 is 0.693. The van der Waals surface area contributed by atoms with Crippen molar-refractivity contribution in [1.29, 1.82) is 5.26 Å². The Balaban J connectivity index is 1.95. The smallest absolute Gasteiger partial charge is 0.418 e. The first-order valence-electron chi connectivity index (χ1n) is 9.40. The molecule has 162 valence electrons. The van der Waals surface area contributed by atoms with Gasteiger partial charge in [-0.25, -0.2) is 4.98 Å². The number of nitriles is 1. The summed E-state index contributed by atoms with van der Waals surface area (Å²) in [6.07, 6.45) is -3.68. The third-order valence-corrected chi connectivity index (χ3v) is 5.95. The molecule has 6 nitrogen and oxygen atoms in total. The van der Waals surface area contributed by atoms with Crippen molar-refractivity contribution in [2.45, 2.75) is 36.4 Å². The molecule has 1 aromatic carbocycles. The molecule has 0 bridgehead atoms. The molecular weight excluding hydrogens is 431 g/mol. The molecule has 0 unspecified atom stereocenters. The zero-order valence-electron chi connectivity index (χ0n) is 16.2. The summed E-state index contributed by atoms with van der Waals surface area (Å²) in [6, 6.07) is 10.9. The molecule has 0 fully saturated rings.